The fourth-order valence-corrected chi connectivity index (χ4v) is 1.94. The Kier molecular flexibility index (Phi) is 7.09. The minimum atomic E-state index is -0.0897. The third-order valence-corrected chi connectivity index (χ3v) is 3.01. The molecule has 18 heavy (non-hydrogen) atoms. The number of halogens is 1. The SMILES string of the molecule is C[C@@H](N)c1cc(Cl)ccc1OCCCCCCO. The molecule has 0 heterocycles. The summed E-state index contributed by atoms with van der Waals surface area (Å²) in [6, 6.07) is 5.45. The van der Waals surface area contributed by atoms with Crippen molar-refractivity contribution in [2.45, 2.75) is 38.6 Å². The number of hydrogen-bond acceptors (Lipinski definition) is 3. The van der Waals surface area contributed by atoms with E-state index in [1.807, 2.05) is 25.1 Å². The number of aliphatic hydroxyl groups is 1. The maximum Gasteiger partial charge on any atom is 0.124 e. The molecule has 0 unspecified atom stereocenters. The van der Waals surface area contributed by atoms with Gasteiger partial charge in [-0.1, -0.05) is 18.0 Å². The van der Waals surface area contributed by atoms with Gasteiger partial charge in [-0.05, 0) is 44.4 Å². The highest BCUT2D eigenvalue weighted by molar-refractivity contribution is 6.30. The molecule has 0 amide bonds. The molecular weight excluding hydrogens is 250 g/mol. The van der Waals surface area contributed by atoms with E-state index in [2.05, 4.69) is 0 Å². The predicted molar refractivity (Wildman–Crippen MR) is 75.1 cm³/mol. The van der Waals surface area contributed by atoms with Crippen LogP contribution in [0, 0.1) is 0 Å². The van der Waals surface area contributed by atoms with Crippen LogP contribution in [-0.2, 0) is 0 Å². The average Bonchev–Trinajstić information content (AvgIpc) is 2.35. The van der Waals surface area contributed by atoms with E-state index in [4.69, 9.17) is 27.2 Å². The van der Waals surface area contributed by atoms with Crippen molar-refractivity contribution in [2.24, 2.45) is 5.73 Å². The molecule has 0 radical (unpaired) electrons. The molecular formula is C14H22ClNO2. The minimum absolute atomic E-state index is 0.0897. The molecule has 1 aromatic rings. The third-order valence-electron chi connectivity index (χ3n) is 2.77. The van der Waals surface area contributed by atoms with Gasteiger partial charge < -0.3 is 15.6 Å². The molecule has 1 atom stereocenters. The fourth-order valence-electron chi connectivity index (χ4n) is 1.76. The molecule has 102 valence electrons. The Balaban J connectivity index is 2.42. The highest BCUT2D eigenvalue weighted by Crippen LogP contribution is 2.27. The molecule has 0 aliphatic rings. The van der Waals surface area contributed by atoms with Crippen LogP contribution in [-0.4, -0.2) is 18.3 Å². The van der Waals surface area contributed by atoms with Crippen LogP contribution in [0.3, 0.4) is 0 Å². The van der Waals surface area contributed by atoms with Crippen molar-refractivity contribution >= 4 is 11.6 Å². The largest absolute Gasteiger partial charge is 0.493 e. The van der Waals surface area contributed by atoms with Crippen molar-refractivity contribution < 1.29 is 9.84 Å². The second-order valence-electron chi connectivity index (χ2n) is 4.46. The maximum atomic E-state index is 8.67. The lowest BCUT2D eigenvalue weighted by Gasteiger charge is -2.14. The standard InChI is InChI=1S/C14H22ClNO2/c1-11(16)13-10-12(15)6-7-14(13)18-9-5-3-2-4-8-17/h6-7,10-11,17H,2-5,8-9,16H2,1H3/t11-/m1/s1. The molecule has 1 aromatic carbocycles. The monoisotopic (exact) mass is 271 g/mol. The van der Waals surface area contributed by atoms with E-state index in [9.17, 15) is 0 Å². The molecule has 3 nitrogen and oxygen atoms in total. The zero-order valence-electron chi connectivity index (χ0n) is 10.9. The Morgan fingerprint density at radius 1 is 1.28 bits per heavy atom. The van der Waals surface area contributed by atoms with E-state index in [0.29, 0.717) is 11.6 Å². The van der Waals surface area contributed by atoms with E-state index < -0.39 is 0 Å². The Morgan fingerprint density at radius 2 is 2.00 bits per heavy atom. The molecule has 1 rings (SSSR count). The minimum Gasteiger partial charge on any atom is -0.493 e. The van der Waals surface area contributed by atoms with Crippen LogP contribution in [0.1, 0.15) is 44.2 Å². The van der Waals surface area contributed by atoms with Gasteiger partial charge in [-0.25, -0.2) is 0 Å². The second kappa shape index (κ2) is 8.35. The summed E-state index contributed by atoms with van der Waals surface area (Å²) in [4.78, 5) is 0. The summed E-state index contributed by atoms with van der Waals surface area (Å²) in [6.07, 6.45) is 3.97. The number of aliphatic hydroxyl groups excluding tert-OH is 1. The van der Waals surface area contributed by atoms with E-state index >= 15 is 0 Å². The first kappa shape index (κ1) is 15.3. The highest BCUT2D eigenvalue weighted by Gasteiger charge is 2.08. The number of rotatable bonds is 8. The molecule has 0 spiro atoms. The lowest BCUT2D eigenvalue weighted by atomic mass is 10.1. The molecule has 0 aliphatic heterocycles. The summed E-state index contributed by atoms with van der Waals surface area (Å²) in [5.41, 5.74) is 6.83. The topological polar surface area (TPSA) is 55.5 Å². The van der Waals surface area contributed by atoms with Crippen LogP contribution < -0.4 is 10.5 Å². The highest BCUT2D eigenvalue weighted by atomic mass is 35.5. The smallest absolute Gasteiger partial charge is 0.124 e. The van der Waals surface area contributed by atoms with Gasteiger partial charge in [-0.15, -0.1) is 0 Å². The number of hydrogen-bond donors (Lipinski definition) is 2. The second-order valence-corrected chi connectivity index (χ2v) is 4.89. The Hall–Kier alpha value is -0.770. The zero-order valence-corrected chi connectivity index (χ0v) is 11.6. The molecule has 0 saturated carbocycles. The Bertz CT molecular complexity index is 356. The van der Waals surface area contributed by atoms with Crippen LogP contribution in [0.25, 0.3) is 0 Å². The first-order chi connectivity index (χ1) is 8.65. The van der Waals surface area contributed by atoms with Gasteiger partial charge in [0, 0.05) is 23.2 Å². The van der Waals surface area contributed by atoms with Crippen molar-refractivity contribution in [1.29, 1.82) is 0 Å². The van der Waals surface area contributed by atoms with Crippen LogP contribution >= 0.6 is 11.6 Å². The molecule has 3 N–H and O–H groups in total. The van der Waals surface area contributed by atoms with Gasteiger partial charge in [0.15, 0.2) is 0 Å². The van der Waals surface area contributed by atoms with Gasteiger partial charge >= 0.3 is 0 Å². The molecule has 4 heteroatoms. The summed E-state index contributed by atoms with van der Waals surface area (Å²) >= 11 is 5.94. The summed E-state index contributed by atoms with van der Waals surface area (Å²) in [7, 11) is 0. The molecule has 0 saturated heterocycles. The normalized spacial score (nSPS) is 12.4. The van der Waals surface area contributed by atoms with E-state index in [-0.39, 0.29) is 12.6 Å². The van der Waals surface area contributed by atoms with Crippen LogP contribution in [0.5, 0.6) is 5.75 Å². The molecule has 0 aliphatic carbocycles. The fraction of sp³-hybridized carbons (Fsp3) is 0.571. The van der Waals surface area contributed by atoms with Crippen molar-refractivity contribution in [3.63, 3.8) is 0 Å². The molecule has 0 aromatic heterocycles. The van der Waals surface area contributed by atoms with Gasteiger partial charge in [0.2, 0.25) is 0 Å². The number of unbranched alkanes of at least 4 members (excludes halogenated alkanes) is 3. The van der Waals surface area contributed by atoms with Gasteiger partial charge in [-0.3, -0.25) is 0 Å². The average molecular weight is 272 g/mol. The van der Waals surface area contributed by atoms with Crippen LogP contribution in [0.15, 0.2) is 18.2 Å². The summed E-state index contributed by atoms with van der Waals surface area (Å²) in [6.45, 7) is 2.86. The summed E-state index contributed by atoms with van der Waals surface area (Å²) in [5.74, 6) is 0.816. The molecule has 0 bridgehead atoms. The van der Waals surface area contributed by atoms with E-state index in [0.717, 1.165) is 37.0 Å². The van der Waals surface area contributed by atoms with Gasteiger partial charge in [-0.2, -0.15) is 0 Å². The maximum absolute atomic E-state index is 8.67. The Morgan fingerprint density at radius 3 is 2.67 bits per heavy atom. The lowest BCUT2D eigenvalue weighted by Crippen LogP contribution is -2.08. The zero-order chi connectivity index (χ0) is 13.4. The van der Waals surface area contributed by atoms with Crippen molar-refractivity contribution in [2.75, 3.05) is 13.2 Å². The Labute approximate surface area is 114 Å². The third kappa shape index (κ3) is 5.25. The van der Waals surface area contributed by atoms with Crippen molar-refractivity contribution in [1.82, 2.24) is 0 Å². The van der Waals surface area contributed by atoms with Crippen LogP contribution in [0.4, 0.5) is 0 Å². The van der Waals surface area contributed by atoms with Crippen molar-refractivity contribution in [3.8, 4) is 5.75 Å². The first-order valence-corrected chi connectivity index (χ1v) is 6.81. The van der Waals surface area contributed by atoms with Crippen molar-refractivity contribution in [3.05, 3.63) is 28.8 Å². The number of benzene rings is 1. The summed E-state index contributed by atoms with van der Waals surface area (Å²) < 4.78 is 5.73. The first-order valence-electron chi connectivity index (χ1n) is 6.44. The quantitative estimate of drug-likeness (QED) is 0.714. The van der Waals surface area contributed by atoms with E-state index in [1.165, 1.54) is 0 Å². The lowest BCUT2D eigenvalue weighted by molar-refractivity contribution is 0.272. The predicted octanol–water partition coefficient (Wildman–Crippen LogP) is 3.29. The summed E-state index contributed by atoms with van der Waals surface area (Å²) in [5, 5.41) is 9.34. The van der Waals surface area contributed by atoms with Gasteiger partial charge in [0.05, 0.1) is 6.61 Å². The number of ether oxygens (including phenoxy) is 1. The van der Waals surface area contributed by atoms with Gasteiger partial charge in [0.1, 0.15) is 5.75 Å². The number of nitrogens with two attached hydrogens (primary N) is 1. The molecule has 0 fully saturated rings. The van der Waals surface area contributed by atoms with Gasteiger partial charge in [0.25, 0.3) is 0 Å². The van der Waals surface area contributed by atoms with E-state index in [1.54, 1.807) is 0 Å². The van der Waals surface area contributed by atoms with Crippen LogP contribution in [0.2, 0.25) is 5.02 Å².